The van der Waals surface area contributed by atoms with E-state index < -0.39 is 22.4 Å². The van der Waals surface area contributed by atoms with E-state index in [0.29, 0.717) is 6.42 Å². The first-order valence-corrected chi connectivity index (χ1v) is 9.15. The van der Waals surface area contributed by atoms with Crippen molar-refractivity contribution < 1.29 is 17.9 Å². The second-order valence-electron chi connectivity index (χ2n) is 4.26. The van der Waals surface area contributed by atoms with Gasteiger partial charge in [-0.2, -0.15) is 0 Å². The van der Waals surface area contributed by atoms with Gasteiger partial charge in [0.25, 0.3) is 0 Å². The maximum absolute atomic E-state index is 13.3. The minimum atomic E-state index is -3.71. The van der Waals surface area contributed by atoms with Gasteiger partial charge >= 0.3 is 0 Å². The largest absolute Gasteiger partial charge is 0.392 e. The minimum absolute atomic E-state index is 0.0416. The summed E-state index contributed by atoms with van der Waals surface area (Å²) in [5, 5.41) is 8.98. The average molecular weight is 394 g/mol. The van der Waals surface area contributed by atoms with Crippen molar-refractivity contribution in [2.24, 2.45) is 0 Å². The van der Waals surface area contributed by atoms with Crippen LogP contribution in [0.5, 0.6) is 0 Å². The Kier molecular flexibility index (Phi) is 5.50. The molecule has 0 aliphatic heterocycles. The van der Waals surface area contributed by atoms with Gasteiger partial charge in [0.15, 0.2) is 0 Å². The molecule has 0 saturated carbocycles. The van der Waals surface area contributed by atoms with Gasteiger partial charge in [-0.05, 0) is 52.7 Å². The van der Waals surface area contributed by atoms with Gasteiger partial charge in [0, 0.05) is 17.0 Å². The number of thiophene rings is 1. The monoisotopic (exact) mass is 393 g/mol. The molecule has 0 saturated heterocycles. The van der Waals surface area contributed by atoms with Gasteiger partial charge in [0.1, 0.15) is 5.82 Å². The van der Waals surface area contributed by atoms with Crippen molar-refractivity contribution in [3.05, 3.63) is 50.4 Å². The molecule has 2 rings (SSSR count). The highest BCUT2D eigenvalue weighted by Gasteiger charge is 2.15. The molecule has 0 bridgehead atoms. The summed E-state index contributed by atoms with van der Waals surface area (Å²) in [7, 11) is -3.71. The van der Waals surface area contributed by atoms with Crippen molar-refractivity contribution in [3.8, 4) is 0 Å². The van der Waals surface area contributed by atoms with Gasteiger partial charge < -0.3 is 5.11 Å². The van der Waals surface area contributed by atoms with Gasteiger partial charge in [-0.1, -0.05) is 0 Å². The maximum atomic E-state index is 13.3. The molecule has 1 aromatic heterocycles. The number of halogens is 2. The van der Waals surface area contributed by atoms with Crippen LogP contribution >= 0.6 is 27.3 Å². The lowest BCUT2D eigenvalue weighted by atomic mass is 10.2. The molecular weight excluding hydrogens is 381 g/mol. The van der Waals surface area contributed by atoms with E-state index in [2.05, 4.69) is 20.7 Å². The number of rotatable bonds is 6. The first-order chi connectivity index (χ1) is 9.92. The Bertz CT molecular complexity index is 731. The second-order valence-corrected chi connectivity index (χ2v) is 8.58. The van der Waals surface area contributed by atoms with Crippen molar-refractivity contribution in [3.63, 3.8) is 0 Å². The van der Waals surface area contributed by atoms with E-state index in [0.717, 1.165) is 20.8 Å². The van der Waals surface area contributed by atoms with Crippen LogP contribution < -0.4 is 4.72 Å². The molecule has 0 aliphatic carbocycles. The Morgan fingerprint density at radius 2 is 2.05 bits per heavy atom. The van der Waals surface area contributed by atoms with Crippen molar-refractivity contribution in [2.75, 3.05) is 6.54 Å². The summed E-state index contributed by atoms with van der Waals surface area (Å²) in [4.78, 5) is 1.00. The number of aliphatic hydroxyl groups excluding tert-OH is 1. The Morgan fingerprint density at radius 1 is 1.29 bits per heavy atom. The van der Waals surface area contributed by atoms with E-state index in [1.54, 1.807) is 11.3 Å². The zero-order valence-electron chi connectivity index (χ0n) is 10.8. The molecule has 2 aromatic rings. The maximum Gasteiger partial charge on any atom is 0.240 e. The SMILES string of the molecule is O=S(=O)(NCCc1ccc(Br)s1)c1ccc(F)c(CO)c1. The third-order valence-corrected chi connectivity index (χ3v) is 5.93. The third-order valence-electron chi connectivity index (χ3n) is 2.79. The fourth-order valence-electron chi connectivity index (χ4n) is 1.72. The summed E-state index contributed by atoms with van der Waals surface area (Å²) in [5.41, 5.74) is -0.0416. The van der Waals surface area contributed by atoms with Crippen LogP contribution in [0.1, 0.15) is 10.4 Å². The highest BCUT2D eigenvalue weighted by Crippen LogP contribution is 2.22. The molecule has 0 amide bonds. The predicted molar refractivity (Wildman–Crippen MR) is 83.2 cm³/mol. The number of aliphatic hydroxyl groups is 1. The Morgan fingerprint density at radius 3 is 2.67 bits per heavy atom. The number of hydrogen-bond donors (Lipinski definition) is 2. The van der Waals surface area contributed by atoms with E-state index in [1.165, 1.54) is 6.07 Å². The van der Waals surface area contributed by atoms with Gasteiger partial charge in [0.05, 0.1) is 15.3 Å². The quantitative estimate of drug-likeness (QED) is 0.792. The topological polar surface area (TPSA) is 66.4 Å². The van der Waals surface area contributed by atoms with Crippen molar-refractivity contribution in [2.45, 2.75) is 17.9 Å². The Labute approximate surface area is 134 Å². The molecule has 0 unspecified atom stereocenters. The van der Waals surface area contributed by atoms with E-state index in [4.69, 9.17) is 5.11 Å². The first-order valence-electron chi connectivity index (χ1n) is 6.05. The highest BCUT2D eigenvalue weighted by molar-refractivity contribution is 9.11. The Hall–Kier alpha value is -0.800. The second kappa shape index (κ2) is 6.97. The van der Waals surface area contributed by atoms with Crippen molar-refractivity contribution in [1.29, 1.82) is 0 Å². The van der Waals surface area contributed by atoms with E-state index in [1.807, 2.05) is 12.1 Å². The van der Waals surface area contributed by atoms with Crippen LogP contribution in [-0.4, -0.2) is 20.1 Å². The lowest BCUT2D eigenvalue weighted by Gasteiger charge is -2.08. The lowest BCUT2D eigenvalue weighted by molar-refractivity contribution is 0.275. The first kappa shape index (κ1) is 16.6. The molecule has 0 atom stereocenters. The molecule has 0 radical (unpaired) electrons. The molecule has 8 heteroatoms. The summed E-state index contributed by atoms with van der Waals surface area (Å²) in [6.07, 6.45) is 0.573. The molecule has 0 spiro atoms. The zero-order chi connectivity index (χ0) is 15.5. The van der Waals surface area contributed by atoms with Gasteiger partial charge in [-0.3, -0.25) is 0 Å². The molecule has 0 aliphatic rings. The van der Waals surface area contributed by atoms with Crippen LogP contribution in [0.15, 0.2) is 39.0 Å². The van der Waals surface area contributed by atoms with Crippen molar-refractivity contribution >= 4 is 37.3 Å². The van der Waals surface area contributed by atoms with Crippen molar-refractivity contribution in [1.82, 2.24) is 4.72 Å². The Balaban J connectivity index is 2.04. The number of benzene rings is 1. The molecular formula is C13H13BrFNO3S2. The molecule has 2 N–H and O–H groups in total. The van der Waals surface area contributed by atoms with Crippen LogP contribution in [0.2, 0.25) is 0 Å². The third kappa shape index (κ3) is 4.33. The van der Waals surface area contributed by atoms with Gasteiger partial charge in [0.2, 0.25) is 10.0 Å². The molecule has 114 valence electrons. The van der Waals surface area contributed by atoms with Gasteiger partial charge in [-0.15, -0.1) is 11.3 Å². The lowest BCUT2D eigenvalue weighted by Crippen LogP contribution is -2.26. The fourth-order valence-corrected chi connectivity index (χ4v) is 4.28. The standard InChI is InChI=1S/C13H13BrFNO3S2/c14-13-4-1-10(20-13)5-6-16-21(18,19)11-2-3-12(15)9(7-11)8-17/h1-4,7,16-17H,5-6,8H2. The van der Waals surface area contributed by atoms with Gasteiger partial charge in [-0.25, -0.2) is 17.5 Å². The van der Waals surface area contributed by atoms with Crippen LogP contribution in [0.4, 0.5) is 4.39 Å². The van der Waals surface area contributed by atoms with E-state index in [9.17, 15) is 12.8 Å². The number of hydrogen-bond acceptors (Lipinski definition) is 4. The fraction of sp³-hybridized carbons (Fsp3) is 0.231. The number of nitrogens with one attached hydrogen (secondary N) is 1. The summed E-state index contributed by atoms with van der Waals surface area (Å²) in [6.45, 7) is -0.292. The summed E-state index contributed by atoms with van der Waals surface area (Å²) in [5.74, 6) is -0.625. The molecule has 21 heavy (non-hydrogen) atoms. The van der Waals surface area contributed by atoms with E-state index in [-0.39, 0.29) is 17.0 Å². The van der Waals surface area contributed by atoms with Crippen LogP contribution in [0.25, 0.3) is 0 Å². The normalized spacial score (nSPS) is 11.8. The van der Waals surface area contributed by atoms with E-state index >= 15 is 0 Å². The zero-order valence-corrected chi connectivity index (χ0v) is 14.1. The van der Waals surface area contributed by atoms with Crippen LogP contribution in [-0.2, 0) is 23.1 Å². The molecule has 0 fully saturated rings. The molecule has 1 aromatic carbocycles. The average Bonchev–Trinajstić information content (AvgIpc) is 2.84. The number of sulfonamides is 1. The molecule has 1 heterocycles. The predicted octanol–water partition coefficient (Wildman–Crippen LogP) is 2.66. The molecule has 4 nitrogen and oxygen atoms in total. The van der Waals surface area contributed by atoms with Crippen LogP contribution in [0.3, 0.4) is 0 Å². The van der Waals surface area contributed by atoms with Crippen LogP contribution in [0, 0.1) is 5.82 Å². The summed E-state index contributed by atoms with van der Waals surface area (Å²) >= 11 is 4.88. The highest BCUT2D eigenvalue weighted by atomic mass is 79.9. The minimum Gasteiger partial charge on any atom is -0.392 e. The summed E-state index contributed by atoms with van der Waals surface area (Å²) in [6, 6.07) is 7.18. The smallest absolute Gasteiger partial charge is 0.240 e. The summed E-state index contributed by atoms with van der Waals surface area (Å²) < 4.78 is 40.9.